The van der Waals surface area contributed by atoms with Gasteiger partial charge in [-0.3, -0.25) is 0 Å². The van der Waals surface area contributed by atoms with Crippen LogP contribution in [0.3, 0.4) is 0 Å². The second-order valence-corrected chi connectivity index (χ2v) is 5.48. The smallest absolute Gasteiger partial charge is 0.129 e. The molecule has 0 amide bonds. The summed E-state index contributed by atoms with van der Waals surface area (Å²) in [5, 5.41) is 3.49. The van der Waals surface area contributed by atoms with Crippen LogP contribution in [-0.2, 0) is 0 Å². The molecule has 0 aliphatic carbocycles. The lowest BCUT2D eigenvalue weighted by molar-refractivity contribution is 0.616. The third-order valence-corrected chi connectivity index (χ3v) is 3.84. The molecule has 106 valence electrons. The maximum absolute atomic E-state index is 13.1. The number of hydrogen-bond donors (Lipinski definition) is 1. The summed E-state index contributed by atoms with van der Waals surface area (Å²) in [6.45, 7) is 2.17. The summed E-state index contributed by atoms with van der Waals surface area (Å²) >= 11 is 3.44. The van der Waals surface area contributed by atoms with E-state index in [0.717, 1.165) is 35.1 Å². The first-order valence-electron chi connectivity index (χ1n) is 6.83. The molecule has 1 atom stereocenters. The number of pyridine rings is 1. The zero-order valence-corrected chi connectivity index (χ0v) is 13.0. The summed E-state index contributed by atoms with van der Waals surface area (Å²) in [5.41, 5.74) is 2.05. The number of nitrogens with one attached hydrogen (secondary N) is 1. The Morgan fingerprint density at radius 2 is 2.00 bits per heavy atom. The van der Waals surface area contributed by atoms with E-state index in [-0.39, 0.29) is 11.9 Å². The van der Waals surface area contributed by atoms with E-state index in [9.17, 15) is 4.39 Å². The van der Waals surface area contributed by atoms with Gasteiger partial charge >= 0.3 is 0 Å². The fraction of sp³-hybridized carbons (Fsp3) is 0.312. The van der Waals surface area contributed by atoms with Gasteiger partial charge in [0.25, 0.3) is 0 Å². The van der Waals surface area contributed by atoms with Crippen LogP contribution in [-0.4, -0.2) is 4.98 Å². The van der Waals surface area contributed by atoms with Crippen LogP contribution in [0.2, 0.25) is 0 Å². The normalized spacial score (nSPS) is 12.2. The molecule has 0 saturated heterocycles. The fourth-order valence-corrected chi connectivity index (χ4v) is 2.47. The predicted molar refractivity (Wildman–Crippen MR) is 84.2 cm³/mol. The molecule has 0 radical (unpaired) electrons. The molecule has 20 heavy (non-hydrogen) atoms. The van der Waals surface area contributed by atoms with E-state index in [1.54, 1.807) is 6.20 Å². The Hall–Kier alpha value is -1.42. The quantitative estimate of drug-likeness (QED) is 0.721. The average Bonchev–Trinajstić information content (AvgIpc) is 2.46. The van der Waals surface area contributed by atoms with E-state index in [0.29, 0.717) is 0 Å². The highest BCUT2D eigenvalue weighted by Crippen LogP contribution is 2.28. The first kappa shape index (κ1) is 15.0. The van der Waals surface area contributed by atoms with Gasteiger partial charge < -0.3 is 5.32 Å². The Labute approximate surface area is 127 Å². The minimum Gasteiger partial charge on any atom is -0.376 e. The first-order chi connectivity index (χ1) is 9.70. The molecular weight excluding hydrogens is 319 g/mol. The molecule has 1 heterocycles. The van der Waals surface area contributed by atoms with Gasteiger partial charge in [0.15, 0.2) is 0 Å². The molecule has 4 heteroatoms. The van der Waals surface area contributed by atoms with Gasteiger partial charge in [0.05, 0.1) is 11.7 Å². The number of unbranched alkanes of at least 4 members (excludes halogenated alkanes) is 1. The monoisotopic (exact) mass is 336 g/mol. The third-order valence-electron chi connectivity index (χ3n) is 3.21. The van der Waals surface area contributed by atoms with Crippen LogP contribution in [0.1, 0.15) is 37.8 Å². The number of halogens is 2. The van der Waals surface area contributed by atoms with Gasteiger partial charge in [0.1, 0.15) is 10.4 Å². The topological polar surface area (TPSA) is 24.9 Å². The van der Waals surface area contributed by atoms with Crippen molar-refractivity contribution < 1.29 is 4.39 Å². The van der Waals surface area contributed by atoms with Crippen molar-refractivity contribution in [3.8, 4) is 0 Å². The predicted octanol–water partition coefficient (Wildman–Crippen LogP) is 5.33. The van der Waals surface area contributed by atoms with Crippen LogP contribution in [0.15, 0.2) is 47.2 Å². The van der Waals surface area contributed by atoms with Gasteiger partial charge in [-0.15, -0.1) is 0 Å². The minimum atomic E-state index is -0.203. The zero-order chi connectivity index (χ0) is 14.4. The number of benzene rings is 1. The van der Waals surface area contributed by atoms with Gasteiger partial charge in [-0.1, -0.05) is 31.9 Å². The van der Waals surface area contributed by atoms with Crippen molar-refractivity contribution in [1.82, 2.24) is 4.98 Å². The number of hydrogen-bond acceptors (Lipinski definition) is 2. The standard InChI is InChI=1S/C16H18BrFN2/c1-2-3-5-14(12-7-9-13(18)10-8-12)20-15-6-4-11-19-16(15)17/h4,6-11,14,20H,2-3,5H2,1H3. The lowest BCUT2D eigenvalue weighted by Crippen LogP contribution is -2.11. The SMILES string of the molecule is CCCCC(Nc1cccnc1Br)c1ccc(F)cc1. The number of rotatable bonds is 6. The van der Waals surface area contributed by atoms with E-state index in [4.69, 9.17) is 0 Å². The second kappa shape index (κ2) is 7.39. The van der Waals surface area contributed by atoms with E-state index < -0.39 is 0 Å². The van der Waals surface area contributed by atoms with E-state index in [1.807, 2.05) is 24.3 Å². The third kappa shape index (κ3) is 4.04. The molecule has 1 aromatic carbocycles. The summed E-state index contributed by atoms with van der Waals surface area (Å²) in [6.07, 6.45) is 5.00. The van der Waals surface area contributed by atoms with E-state index >= 15 is 0 Å². The van der Waals surface area contributed by atoms with Crippen LogP contribution < -0.4 is 5.32 Å². The summed E-state index contributed by atoms with van der Waals surface area (Å²) in [6, 6.07) is 10.7. The van der Waals surface area contributed by atoms with Crippen LogP contribution in [0.4, 0.5) is 10.1 Å². The Morgan fingerprint density at radius 1 is 1.25 bits per heavy atom. The molecule has 1 N–H and O–H groups in total. The van der Waals surface area contributed by atoms with Gasteiger partial charge in [-0.25, -0.2) is 9.37 Å². The van der Waals surface area contributed by atoms with Crippen molar-refractivity contribution in [3.63, 3.8) is 0 Å². The lowest BCUT2D eigenvalue weighted by Gasteiger charge is -2.21. The molecule has 0 aliphatic rings. The van der Waals surface area contributed by atoms with Crippen molar-refractivity contribution >= 4 is 21.6 Å². The number of aromatic nitrogens is 1. The molecule has 0 saturated carbocycles. The highest BCUT2D eigenvalue weighted by atomic mass is 79.9. The van der Waals surface area contributed by atoms with Crippen LogP contribution in [0.25, 0.3) is 0 Å². The Bertz CT molecular complexity index is 542. The maximum atomic E-state index is 13.1. The molecule has 0 spiro atoms. The molecular formula is C16H18BrFN2. The summed E-state index contributed by atoms with van der Waals surface area (Å²) in [5.74, 6) is -0.203. The van der Waals surface area contributed by atoms with Crippen LogP contribution >= 0.6 is 15.9 Å². The van der Waals surface area contributed by atoms with Gasteiger partial charge in [0.2, 0.25) is 0 Å². The second-order valence-electron chi connectivity index (χ2n) is 4.73. The number of anilines is 1. The Kier molecular flexibility index (Phi) is 5.53. The van der Waals surface area contributed by atoms with Crippen LogP contribution in [0.5, 0.6) is 0 Å². The minimum absolute atomic E-state index is 0.163. The molecule has 0 bridgehead atoms. The van der Waals surface area contributed by atoms with Gasteiger partial charge in [0, 0.05) is 6.20 Å². The van der Waals surface area contributed by atoms with Crippen LogP contribution in [0, 0.1) is 5.82 Å². The van der Waals surface area contributed by atoms with E-state index in [1.165, 1.54) is 12.1 Å². The van der Waals surface area contributed by atoms with Crippen molar-refractivity contribution in [3.05, 3.63) is 58.6 Å². The van der Waals surface area contributed by atoms with Crippen molar-refractivity contribution in [1.29, 1.82) is 0 Å². The maximum Gasteiger partial charge on any atom is 0.129 e. The molecule has 1 aromatic heterocycles. The van der Waals surface area contributed by atoms with Gasteiger partial charge in [-0.2, -0.15) is 0 Å². The average molecular weight is 337 g/mol. The van der Waals surface area contributed by atoms with Crippen molar-refractivity contribution in [2.75, 3.05) is 5.32 Å². The molecule has 1 unspecified atom stereocenters. The molecule has 2 aromatic rings. The van der Waals surface area contributed by atoms with Gasteiger partial charge in [-0.05, 0) is 52.2 Å². The lowest BCUT2D eigenvalue weighted by atomic mass is 10.0. The summed E-state index contributed by atoms with van der Waals surface area (Å²) < 4.78 is 13.9. The fourth-order valence-electron chi connectivity index (χ4n) is 2.11. The molecule has 2 nitrogen and oxygen atoms in total. The van der Waals surface area contributed by atoms with Crippen molar-refractivity contribution in [2.45, 2.75) is 32.2 Å². The Balaban J connectivity index is 2.19. The highest BCUT2D eigenvalue weighted by Gasteiger charge is 2.12. The summed E-state index contributed by atoms with van der Waals surface area (Å²) in [7, 11) is 0. The largest absolute Gasteiger partial charge is 0.376 e. The highest BCUT2D eigenvalue weighted by molar-refractivity contribution is 9.10. The van der Waals surface area contributed by atoms with Crippen molar-refractivity contribution in [2.24, 2.45) is 0 Å². The Morgan fingerprint density at radius 3 is 2.65 bits per heavy atom. The molecule has 2 rings (SSSR count). The summed E-state index contributed by atoms with van der Waals surface area (Å²) in [4.78, 5) is 4.21. The number of nitrogens with zero attached hydrogens (tertiary/aromatic N) is 1. The first-order valence-corrected chi connectivity index (χ1v) is 7.62. The zero-order valence-electron chi connectivity index (χ0n) is 11.4. The van der Waals surface area contributed by atoms with E-state index in [2.05, 4.69) is 33.2 Å². The molecule has 0 aliphatic heterocycles. The molecule has 0 fully saturated rings.